The van der Waals surface area contributed by atoms with Crippen molar-refractivity contribution in [3.8, 4) is 0 Å². The predicted molar refractivity (Wildman–Crippen MR) is 107 cm³/mol. The number of aryl methyl sites for hydroxylation is 1. The van der Waals surface area contributed by atoms with Gasteiger partial charge in [0.05, 0.1) is 10.5 Å². The van der Waals surface area contributed by atoms with Crippen LogP contribution in [0.25, 0.3) is 10.9 Å². The number of carbonyl (C=O) groups is 1. The van der Waals surface area contributed by atoms with Gasteiger partial charge in [0, 0.05) is 35.4 Å². The minimum Gasteiger partial charge on any atom is -0.350 e. The molecule has 3 rings (SSSR count). The van der Waals surface area contributed by atoms with Crippen LogP contribution in [-0.4, -0.2) is 24.4 Å². The molecule has 0 saturated heterocycles. The Hall–Kier alpha value is -2.64. The molecule has 0 radical (unpaired) electrons. The first-order valence-corrected chi connectivity index (χ1v) is 10.0. The van der Waals surface area contributed by atoms with E-state index in [0.29, 0.717) is 11.3 Å². The molecule has 0 unspecified atom stereocenters. The molecule has 0 aliphatic carbocycles. The summed E-state index contributed by atoms with van der Waals surface area (Å²) in [5.74, 6) is -0.287. The highest BCUT2D eigenvalue weighted by Crippen LogP contribution is 2.23. The molecule has 1 amide bonds. The van der Waals surface area contributed by atoms with Gasteiger partial charge in [0.15, 0.2) is 0 Å². The first-order valence-electron chi connectivity index (χ1n) is 8.56. The Morgan fingerprint density at radius 3 is 2.44 bits per heavy atom. The van der Waals surface area contributed by atoms with Crippen molar-refractivity contribution < 1.29 is 13.2 Å². The van der Waals surface area contributed by atoms with Gasteiger partial charge in [0.1, 0.15) is 0 Å². The number of sulfonamides is 1. The Kier molecular flexibility index (Phi) is 4.84. The zero-order valence-corrected chi connectivity index (χ0v) is 16.6. The summed E-state index contributed by atoms with van der Waals surface area (Å²) >= 11 is 0. The van der Waals surface area contributed by atoms with Crippen LogP contribution in [0.2, 0.25) is 0 Å². The van der Waals surface area contributed by atoms with Gasteiger partial charge in [-0.2, -0.15) is 0 Å². The molecule has 0 atom stereocenters. The Bertz CT molecular complexity index is 1110. The molecule has 0 spiro atoms. The lowest BCUT2D eigenvalue weighted by Crippen LogP contribution is -2.40. The van der Waals surface area contributed by atoms with Gasteiger partial charge in [-0.25, -0.2) is 13.1 Å². The lowest BCUT2D eigenvalue weighted by Gasteiger charge is -2.20. The summed E-state index contributed by atoms with van der Waals surface area (Å²) in [5.41, 5.74) is 1.31. The zero-order valence-electron chi connectivity index (χ0n) is 15.8. The quantitative estimate of drug-likeness (QED) is 0.721. The van der Waals surface area contributed by atoms with E-state index in [1.165, 1.54) is 12.1 Å². The summed E-state index contributed by atoms with van der Waals surface area (Å²) < 4.78 is 29.5. The highest BCUT2D eigenvalue weighted by atomic mass is 32.2. The SMILES string of the molecule is Cn1cc(C(=O)Nc2cccc(S(=O)(=O)NC(C)(C)C)c2)c2ccccc21. The third kappa shape index (κ3) is 4.20. The van der Waals surface area contributed by atoms with E-state index in [0.717, 1.165) is 10.9 Å². The van der Waals surface area contributed by atoms with E-state index >= 15 is 0 Å². The van der Waals surface area contributed by atoms with Crippen molar-refractivity contribution in [2.75, 3.05) is 5.32 Å². The molecule has 6 nitrogen and oxygen atoms in total. The maximum atomic E-state index is 12.7. The number of nitrogens with zero attached hydrogens (tertiary/aromatic N) is 1. The molecule has 142 valence electrons. The molecule has 1 aromatic heterocycles. The highest BCUT2D eigenvalue weighted by Gasteiger charge is 2.22. The lowest BCUT2D eigenvalue weighted by atomic mass is 10.1. The van der Waals surface area contributed by atoms with Crippen LogP contribution in [0.3, 0.4) is 0 Å². The van der Waals surface area contributed by atoms with Crippen molar-refractivity contribution in [3.63, 3.8) is 0 Å². The van der Waals surface area contributed by atoms with Crippen LogP contribution in [0.5, 0.6) is 0 Å². The van der Waals surface area contributed by atoms with E-state index in [2.05, 4.69) is 10.0 Å². The van der Waals surface area contributed by atoms with Crippen LogP contribution in [0, 0.1) is 0 Å². The number of benzene rings is 2. The fourth-order valence-electron chi connectivity index (χ4n) is 2.92. The monoisotopic (exact) mass is 385 g/mol. The topological polar surface area (TPSA) is 80.2 Å². The van der Waals surface area contributed by atoms with Gasteiger partial charge in [-0.15, -0.1) is 0 Å². The molecule has 0 aliphatic rings. The molecule has 7 heteroatoms. The average Bonchev–Trinajstić information content (AvgIpc) is 2.91. The fraction of sp³-hybridized carbons (Fsp3) is 0.250. The third-order valence-electron chi connectivity index (χ3n) is 3.98. The summed E-state index contributed by atoms with van der Waals surface area (Å²) in [4.78, 5) is 12.8. The lowest BCUT2D eigenvalue weighted by molar-refractivity contribution is 0.102. The van der Waals surface area contributed by atoms with Crippen molar-refractivity contribution in [2.24, 2.45) is 7.05 Å². The first kappa shape index (κ1) is 19.1. The van der Waals surface area contributed by atoms with Crippen molar-refractivity contribution >= 4 is 32.5 Å². The Labute approximate surface area is 159 Å². The summed E-state index contributed by atoms with van der Waals surface area (Å²) in [6, 6.07) is 13.9. The van der Waals surface area contributed by atoms with Crippen molar-refractivity contribution in [1.82, 2.24) is 9.29 Å². The molecule has 2 N–H and O–H groups in total. The predicted octanol–water partition coefficient (Wildman–Crippen LogP) is 3.51. The second kappa shape index (κ2) is 6.83. The molecule has 3 aromatic rings. The van der Waals surface area contributed by atoms with Gasteiger partial charge in [0.2, 0.25) is 10.0 Å². The van der Waals surface area contributed by atoms with Gasteiger partial charge in [-0.3, -0.25) is 4.79 Å². The van der Waals surface area contributed by atoms with E-state index in [1.807, 2.05) is 35.9 Å². The van der Waals surface area contributed by atoms with Gasteiger partial charge in [-0.1, -0.05) is 24.3 Å². The Morgan fingerprint density at radius 1 is 1.04 bits per heavy atom. The van der Waals surface area contributed by atoms with E-state index < -0.39 is 15.6 Å². The number of carbonyl (C=O) groups excluding carboxylic acids is 1. The smallest absolute Gasteiger partial charge is 0.257 e. The van der Waals surface area contributed by atoms with Crippen LogP contribution in [0.15, 0.2) is 59.6 Å². The highest BCUT2D eigenvalue weighted by molar-refractivity contribution is 7.89. The number of nitrogens with one attached hydrogen (secondary N) is 2. The zero-order chi connectivity index (χ0) is 19.8. The summed E-state index contributed by atoms with van der Waals surface area (Å²) in [6.07, 6.45) is 1.77. The van der Waals surface area contributed by atoms with Crippen LogP contribution in [-0.2, 0) is 17.1 Å². The molecule has 27 heavy (non-hydrogen) atoms. The van der Waals surface area contributed by atoms with Crippen molar-refractivity contribution in [1.29, 1.82) is 0 Å². The maximum Gasteiger partial charge on any atom is 0.257 e. The molecule has 0 aliphatic heterocycles. The third-order valence-corrected chi connectivity index (χ3v) is 5.74. The number of aromatic nitrogens is 1. The molecule has 0 saturated carbocycles. The number of anilines is 1. The second-order valence-electron chi connectivity index (χ2n) is 7.51. The number of rotatable bonds is 4. The van der Waals surface area contributed by atoms with Crippen LogP contribution >= 0.6 is 0 Å². The molecule has 1 heterocycles. The number of hydrogen-bond acceptors (Lipinski definition) is 3. The van der Waals surface area contributed by atoms with Crippen molar-refractivity contribution in [3.05, 3.63) is 60.3 Å². The van der Waals surface area contributed by atoms with E-state index in [-0.39, 0.29) is 10.8 Å². The van der Waals surface area contributed by atoms with E-state index in [1.54, 1.807) is 39.1 Å². The number of fused-ring (bicyclic) bond motifs is 1. The number of hydrogen-bond donors (Lipinski definition) is 2. The standard InChI is InChI=1S/C20H23N3O3S/c1-20(2,3)22-27(25,26)15-9-7-8-14(12-15)21-19(24)17-13-23(4)18-11-6-5-10-16(17)18/h5-13,22H,1-4H3,(H,21,24). The molecule has 0 bridgehead atoms. The van der Waals surface area contributed by atoms with Gasteiger partial charge in [-0.05, 0) is 45.0 Å². The largest absolute Gasteiger partial charge is 0.350 e. The van der Waals surface area contributed by atoms with Crippen LogP contribution in [0.4, 0.5) is 5.69 Å². The van der Waals surface area contributed by atoms with Crippen LogP contribution < -0.4 is 10.0 Å². The minimum absolute atomic E-state index is 0.105. The van der Waals surface area contributed by atoms with E-state index in [9.17, 15) is 13.2 Å². The van der Waals surface area contributed by atoms with E-state index in [4.69, 9.17) is 0 Å². The van der Waals surface area contributed by atoms with Gasteiger partial charge >= 0.3 is 0 Å². The molecular formula is C20H23N3O3S. The normalized spacial score (nSPS) is 12.3. The van der Waals surface area contributed by atoms with Gasteiger partial charge < -0.3 is 9.88 Å². The minimum atomic E-state index is -3.68. The molecule has 0 fully saturated rings. The Morgan fingerprint density at radius 2 is 1.74 bits per heavy atom. The summed E-state index contributed by atoms with van der Waals surface area (Å²) in [7, 11) is -1.80. The van der Waals surface area contributed by atoms with Gasteiger partial charge in [0.25, 0.3) is 5.91 Å². The molecule has 2 aromatic carbocycles. The summed E-state index contributed by atoms with van der Waals surface area (Å²) in [6.45, 7) is 5.32. The first-order chi connectivity index (χ1) is 12.6. The second-order valence-corrected chi connectivity index (χ2v) is 9.19. The maximum absolute atomic E-state index is 12.7. The number of para-hydroxylation sites is 1. The van der Waals surface area contributed by atoms with Crippen LogP contribution in [0.1, 0.15) is 31.1 Å². The average molecular weight is 385 g/mol. The number of amides is 1. The van der Waals surface area contributed by atoms with Crippen molar-refractivity contribution in [2.45, 2.75) is 31.2 Å². The Balaban J connectivity index is 1.89. The fourth-order valence-corrected chi connectivity index (χ4v) is 4.39. The molecular weight excluding hydrogens is 362 g/mol. The summed E-state index contributed by atoms with van der Waals surface area (Å²) in [5, 5.41) is 3.64.